The standard InChI is InChI=1S/C12H18BrN/c1-4-7-14-10(3)11-8-9(2)5-6-12(11)13/h5-6,8,10,14H,4,7H2,1-3H3. The van der Waals surface area contributed by atoms with Crippen molar-refractivity contribution < 1.29 is 0 Å². The van der Waals surface area contributed by atoms with Crippen molar-refractivity contribution in [2.45, 2.75) is 33.2 Å². The summed E-state index contributed by atoms with van der Waals surface area (Å²) in [5.74, 6) is 0. The van der Waals surface area contributed by atoms with Gasteiger partial charge in [0.25, 0.3) is 0 Å². The molecule has 1 atom stereocenters. The molecule has 0 amide bonds. The smallest absolute Gasteiger partial charge is 0.0303 e. The van der Waals surface area contributed by atoms with Gasteiger partial charge in [0, 0.05) is 10.5 Å². The fourth-order valence-electron chi connectivity index (χ4n) is 1.47. The Bertz CT molecular complexity index is 296. The van der Waals surface area contributed by atoms with Crippen LogP contribution in [-0.4, -0.2) is 6.54 Å². The summed E-state index contributed by atoms with van der Waals surface area (Å²) in [5.41, 5.74) is 2.66. The monoisotopic (exact) mass is 255 g/mol. The predicted molar refractivity (Wildman–Crippen MR) is 65.6 cm³/mol. The molecule has 78 valence electrons. The zero-order chi connectivity index (χ0) is 10.6. The second kappa shape index (κ2) is 5.52. The fourth-order valence-corrected chi connectivity index (χ4v) is 2.06. The molecule has 0 radical (unpaired) electrons. The first-order chi connectivity index (χ1) is 6.65. The fraction of sp³-hybridized carbons (Fsp3) is 0.500. The molecule has 0 spiro atoms. The van der Waals surface area contributed by atoms with Gasteiger partial charge in [0.05, 0.1) is 0 Å². The van der Waals surface area contributed by atoms with Gasteiger partial charge in [-0.15, -0.1) is 0 Å². The first kappa shape index (κ1) is 11.7. The predicted octanol–water partition coefficient (Wildman–Crippen LogP) is 3.82. The molecule has 0 aliphatic carbocycles. The summed E-state index contributed by atoms with van der Waals surface area (Å²) >= 11 is 3.58. The van der Waals surface area contributed by atoms with E-state index in [1.54, 1.807) is 0 Å². The first-order valence-electron chi connectivity index (χ1n) is 5.14. The van der Waals surface area contributed by atoms with Crippen LogP contribution in [0.1, 0.15) is 37.4 Å². The highest BCUT2D eigenvalue weighted by molar-refractivity contribution is 9.10. The Morgan fingerprint density at radius 2 is 2.14 bits per heavy atom. The van der Waals surface area contributed by atoms with Crippen molar-refractivity contribution in [1.29, 1.82) is 0 Å². The Morgan fingerprint density at radius 3 is 2.79 bits per heavy atom. The lowest BCUT2D eigenvalue weighted by Crippen LogP contribution is -2.19. The van der Waals surface area contributed by atoms with Crippen LogP contribution in [-0.2, 0) is 0 Å². The Morgan fingerprint density at radius 1 is 1.43 bits per heavy atom. The Kier molecular flexibility index (Phi) is 4.63. The second-order valence-electron chi connectivity index (χ2n) is 3.70. The molecular weight excluding hydrogens is 238 g/mol. The Labute approximate surface area is 95.0 Å². The highest BCUT2D eigenvalue weighted by Gasteiger charge is 2.07. The summed E-state index contributed by atoms with van der Waals surface area (Å²) in [6.45, 7) is 7.59. The van der Waals surface area contributed by atoms with Crippen LogP contribution in [0.5, 0.6) is 0 Å². The van der Waals surface area contributed by atoms with Crippen LogP contribution in [0.4, 0.5) is 0 Å². The summed E-state index contributed by atoms with van der Waals surface area (Å²) in [4.78, 5) is 0. The van der Waals surface area contributed by atoms with E-state index in [0.717, 1.165) is 6.54 Å². The minimum Gasteiger partial charge on any atom is -0.310 e. The molecule has 1 aromatic rings. The molecule has 0 aliphatic rings. The average Bonchev–Trinajstić information content (AvgIpc) is 2.18. The maximum Gasteiger partial charge on any atom is 0.0303 e. The number of hydrogen-bond donors (Lipinski definition) is 1. The topological polar surface area (TPSA) is 12.0 Å². The van der Waals surface area contributed by atoms with Crippen LogP contribution in [0.2, 0.25) is 0 Å². The lowest BCUT2D eigenvalue weighted by atomic mass is 10.1. The molecule has 0 bridgehead atoms. The average molecular weight is 256 g/mol. The molecule has 1 N–H and O–H groups in total. The first-order valence-corrected chi connectivity index (χ1v) is 5.94. The van der Waals surface area contributed by atoms with Crippen LogP contribution < -0.4 is 5.32 Å². The third-order valence-electron chi connectivity index (χ3n) is 2.32. The molecule has 0 aliphatic heterocycles. The van der Waals surface area contributed by atoms with E-state index in [4.69, 9.17) is 0 Å². The van der Waals surface area contributed by atoms with Crippen LogP contribution in [0.25, 0.3) is 0 Å². The van der Waals surface area contributed by atoms with E-state index in [9.17, 15) is 0 Å². The van der Waals surface area contributed by atoms with Crippen LogP contribution in [0.3, 0.4) is 0 Å². The van der Waals surface area contributed by atoms with Crippen molar-refractivity contribution in [3.63, 3.8) is 0 Å². The molecule has 1 aromatic carbocycles. The van der Waals surface area contributed by atoms with Crippen LogP contribution in [0.15, 0.2) is 22.7 Å². The number of rotatable bonds is 4. The summed E-state index contributed by atoms with van der Waals surface area (Å²) in [6.07, 6.45) is 1.17. The molecule has 0 saturated heterocycles. The summed E-state index contributed by atoms with van der Waals surface area (Å²) in [7, 11) is 0. The third kappa shape index (κ3) is 3.10. The third-order valence-corrected chi connectivity index (χ3v) is 3.04. The zero-order valence-electron chi connectivity index (χ0n) is 9.10. The van der Waals surface area contributed by atoms with Crippen molar-refractivity contribution >= 4 is 15.9 Å². The van der Waals surface area contributed by atoms with Crippen molar-refractivity contribution in [2.75, 3.05) is 6.54 Å². The van der Waals surface area contributed by atoms with Gasteiger partial charge >= 0.3 is 0 Å². The molecule has 1 rings (SSSR count). The van der Waals surface area contributed by atoms with Gasteiger partial charge < -0.3 is 5.32 Å². The van der Waals surface area contributed by atoms with E-state index >= 15 is 0 Å². The van der Waals surface area contributed by atoms with E-state index in [0.29, 0.717) is 6.04 Å². The molecule has 0 heterocycles. The maximum absolute atomic E-state index is 3.58. The number of halogens is 1. The van der Waals surface area contributed by atoms with Gasteiger partial charge in [0.2, 0.25) is 0 Å². The lowest BCUT2D eigenvalue weighted by Gasteiger charge is -2.15. The molecule has 0 fully saturated rings. The van der Waals surface area contributed by atoms with Crippen molar-refractivity contribution in [3.05, 3.63) is 33.8 Å². The molecule has 0 aromatic heterocycles. The quantitative estimate of drug-likeness (QED) is 0.863. The van der Waals surface area contributed by atoms with Gasteiger partial charge in [-0.2, -0.15) is 0 Å². The second-order valence-corrected chi connectivity index (χ2v) is 4.56. The summed E-state index contributed by atoms with van der Waals surface area (Å²) < 4.78 is 1.19. The minimum absolute atomic E-state index is 0.421. The number of nitrogens with one attached hydrogen (secondary N) is 1. The van der Waals surface area contributed by atoms with Gasteiger partial charge in [-0.3, -0.25) is 0 Å². The number of benzene rings is 1. The van der Waals surface area contributed by atoms with E-state index in [-0.39, 0.29) is 0 Å². The van der Waals surface area contributed by atoms with Gasteiger partial charge in [-0.25, -0.2) is 0 Å². The van der Waals surface area contributed by atoms with E-state index in [2.05, 4.69) is 60.2 Å². The maximum atomic E-state index is 3.58. The highest BCUT2D eigenvalue weighted by Crippen LogP contribution is 2.24. The van der Waals surface area contributed by atoms with Gasteiger partial charge in [0.15, 0.2) is 0 Å². The van der Waals surface area contributed by atoms with Crippen LogP contribution >= 0.6 is 15.9 Å². The van der Waals surface area contributed by atoms with E-state index in [1.165, 1.54) is 22.0 Å². The van der Waals surface area contributed by atoms with Crippen molar-refractivity contribution in [2.24, 2.45) is 0 Å². The Hall–Kier alpha value is -0.340. The minimum atomic E-state index is 0.421. The molecule has 14 heavy (non-hydrogen) atoms. The largest absolute Gasteiger partial charge is 0.310 e. The normalized spacial score (nSPS) is 12.9. The number of aryl methyl sites for hydroxylation is 1. The summed E-state index contributed by atoms with van der Waals surface area (Å²) in [6, 6.07) is 6.90. The van der Waals surface area contributed by atoms with Gasteiger partial charge in [-0.1, -0.05) is 40.5 Å². The summed E-state index contributed by atoms with van der Waals surface area (Å²) in [5, 5.41) is 3.49. The van der Waals surface area contributed by atoms with Gasteiger partial charge in [-0.05, 0) is 38.4 Å². The molecule has 1 unspecified atom stereocenters. The lowest BCUT2D eigenvalue weighted by molar-refractivity contribution is 0.568. The SMILES string of the molecule is CCCNC(C)c1cc(C)ccc1Br. The zero-order valence-corrected chi connectivity index (χ0v) is 10.7. The Balaban J connectivity index is 2.77. The molecule has 0 saturated carbocycles. The number of hydrogen-bond acceptors (Lipinski definition) is 1. The van der Waals surface area contributed by atoms with Crippen molar-refractivity contribution in [1.82, 2.24) is 5.32 Å². The molecular formula is C12H18BrN. The van der Waals surface area contributed by atoms with Crippen LogP contribution in [0, 0.1) is 6.92 Å². The van der Waals surface area contributed by atoms with E-state index < -0.39 is 0 Å². The molecule has 2 heteroatoms. The van der Waals surface area contributed by atoms with E-state index in [1.807, 2.05) is 0 Å². The van der Waals surface area contributed by atoms with Crippen molar-refractivity contribution in [3.8, 4) is 0 Å². The van der Waals surface area contributed by atoms with Gasteiger partial charge in [0.1, 0.15) is 0 Å². The molecule has 1 nitrogen and oxygen atoms in total. The highest BCUT2D eigenvalue weighted by atomic mass is 79.9.